The second-order valence-corrected chi connectivity index (χ2v) is 4.70. The molecule has 102 valence electrons. The molecular weight excluding hydrogens is 250 g/mol. The summed E-state index contributed by atoms with van der Waals surface area (Å²) in [5.74, 6) is 0.655. The quantitative estimate of drug-likeness (QED) is 0.785. The van der Waals surface area contributed by atoms with Crippen molar-refractivity contribution in [2.75, 3.05) is 0 Å². The largest absolute Gasteiger partial charge is 0.321 e. The number of nitrogens with zero attached hydrogens (tertiary/aromatic N) is 4. The standard InChI is InChI=1S/C15H17N5/c1-2-20-14-7-4-3-6-11(14)13(19-20)10-12(16)15-17-8-5-9-18-15/h3-9,12H,2,10,16H2,1H3. The van der Waals surface area contributed by atoms with E-state index in [0.717, 1.165) is 23.1 Å². The third kappa shape index (κ3) is 2.28. The minimum absolute atomic E-state index is 0.236. The second kappa shape index (κ2) is 5.38. The van der Waals surface area contributed by atoms with E-state index < -0.39 is 0 Å². The summed E-state index contributed by atoms with van der Waals surface area (Å²) in [4.78, 5) is 8.42. The van der Waals surface area contributed by atoms with Gasteiger partial charge < -0.3 is 5.73 Å². The highest BCUT2D eigenvalue weighted by Gasteiger charge is 2.15. The molecule has 0 aliphatic heterocycles. The molecule has 0 radical (unpaired) electrons. The van der Waals surface area contributed by atoms with Crippen LogP contribution in [0.15, 0.2) is 42.7 Å². The Kier molecular flexibility index (Phi) is 3.43. The van der Waals surface area contributed by atoms with E-state index in [-0.39, 0.29) is 6.04 Å². The minimum atomic E-state index is -0.236. The Bertz CT molecular complexity index is 705. The van der Waals surface area contributed by atoms with Crippen LogP contribution in [-0.4, -0.2) is 19.7 Å². The summed E-state index contributed by atoms with van der Waals surface area (Å²) in [6.45, 7) is 2.93. The van der Waals surface area contributed by atoms with Gasteiger partial charge in [0.2, 0.25) is 0 Å². The van der Waals surface area contributed by atoms with Gasteiger partial charge in [0.05, 0.1) is 17.3 Å². The SMILES string of the molecule is CCn1nc(CC(N)c2ncccn2)c2ccccc21. The lowest BCUT2D eigenvalue weighted by atomic mass is 10.1. The van der Waals surface area contributed by atoms with E-state index in [1.807, 2.05) is 16.8 Å². The Morgan fingerprint density at radius 3 is 2.65 bits per heavy atom. The van der Waals surface area contributed by atoms with E-state index in [9.17, 15) is 0 Å². The number of fused-ring (bicyclic) bond motifs is 1. The third-order valence-corrected chi connectivity index (χ3v) is 3.36. The van der Waals surface area contributed by atoms with Crippen molar-refractivity contribution >= 4 is 10.9 Å². The second-order valence-electron chi connectivity index (χ2n) is 4.70. The van der Waals surface area contributed by atoms with Gasteiger partial charge in [-0.15, -0.1) is 0 Å². The van der Waals surface area contributed by atoms with Gasteiger partial charge >= 0.3 is 0 Å². The number of aromatic nitrogens is 4. The van der Waals surface area contributed by atoms with Gasteiger partial charge in [0.15, 0.2) is 0 Å². The number of rotatable bonds is 4. The van der Waals surface area contributed by atoms with Crippen LogP contribution in [0.25, 0.3) is 10.9 Å². The van der Waals surface area contributed by atoms with E-state index >= 15 is 0 Å². The van der Waals surface area contributed by atoms with Gasteiger partial charge in [-0.1, -0.05) is 18.2 Å². The summed E-state index contributed by atoms with van der Waals surface area (Å²) in [5.41, 5.74) is 8.34. The van der Waals surface area contributed by atoms with Crippen LogP contribution in [-0.2, 0) is 13.0 Å². The number of nitrogens with two attached hydrogens (primary N) is 1. The van der Waals surface area contributed by atoms with Crippen molar-refractivity contribution in [2.45, 2.75) is 25.9 Å². The van der Waals surface area contributed by atoms with E-state index in [2.05, 4.69) is 34.1 Å². The molecule has 5 heteroatoms. The van der Waals surface area contributed by atoms with Crippen LogP contribution in [0.1, 0.15) is 24.5 Å². The molecule has 0 aliphatic rings. The normalized spacial score (nSPS) is 12.7. The summed E-state index contributed by atoms with van der Waals surface area (Å²) in [6.07, 6.45) is 4.06. The van der Waals surface area contributed by atoms with Crippen LogP contribution < -0.4 is 5.73 Å². The molecule has 1 unspecified atom stereocenters. The first kappa shape index (κ1) is 12.7. The summed E-state index contributed by atoms with van der Waals surface area (Å²) in [6, 6.07) is 9.78. The molecule has 0 amide bonds. The molecule has 20 heavy (non-hydrogen) atoms. The van der Waals surface area contributed by atoms with Gasteiger partial charge in [-0.05, 0) is 19.1 Å². The molecule has 0 bridgehead atoms. The van der Waals surface area contributed by atoms with Gasteiger partial charge in [0.25, 0.3) is 0 Å². The zero-order valence-electron chi connectivity index (χ0n) is 11.4. The fraction of sp³-hybridized carbons (Fsp3) is 0.267. The van der Waals surface area contributed by atoms with Crippen molar-refractivity contribution in [1.82, 2.24) is 19.7 Å². The Hall–Kier alpha value is -2.27. The first-order chi connectivity index (χ1) is 9.79. The van der Waals surface area contributed by atoms with Gasteiger partial charge in [-0.3, -0.25) is 4.68 Å². The lowest BCUT2D eigenvalue weighted by molar-refractivity contribution is 0.623. The van der Waals surface area contributed by atoms with Crippen molar-refractivity contribution < 1.29 is 0 Å². The summed E-state index contributed by atoms with van der Waals surface area (Å²) < 4.78 is 2.00. The number of benzene rings is 1. The Balaban J connectivity index is 1.95. The van der Waals surface area contributed by atoms with Crippen LogP contribution in [0.5, 0.6) is 0 Å². The summed E-state index contributed by atoms with van der Waals surface area (Å²) in [5, 5.41) is 5.81. The van der Waals surface area contributed by atoms with Crippen LogP contribution in [0, 0.1) is 0 Å². The van der Waals surface area contributed by atoms with Crippen molar-refractivity contribution in [3.63, 3.8) is 0 Å². The van der Waals surface area contributed by atoms with E-state index in [1.165, 1.54) is 0 Å². The molecule has 0 fully saturated rings. The fourth-order valence-corrected chi connectivity index (χ4v) is 2.39. The zero-order chi connectivity index (χ0) is 13.9. The Labute approximate surface area is 117 Å². The molecule has 2 aromatic heterocycles. The zero-order valence-corrected chi connectivity index (χ0v) is 11.4. The van der Waals surface area contributed by atoms with Crippen LogP contribution in [0.2, 0.25) is 0 Å². The van der Waals surface area contributed by atoms with Crippen LogP contribution in [0.4, 0.5) is 0 Å². The monoisotopic (exact) mass is 267 g/mol. The number of aryl methyl sites for hydroxylation is 1. The Morgan fingerprint density at radius 2 is 1.90 bits per heavy atom. The maximum atomic E-state index is 6.19. The van der Waals surface area contributed by atoms with Crippen molar-refractivity contribution in [3.05, 3.63) is 54.2 Å². The lowest BCUT2D eigenvalue weighted by Gasteiger charge is -2.07. The first-order valence-electron chi connectivity index (χ1n) is 6.76. The molecular formula is C15H17N5. The van der Waals surface area contributed by atoms with Crippen LogP contribution in [0.3, 0.4) is 0 Å². The number of hydrogen-bond acceptors (Lipinski definition) is 4. The van der Waals surface area contributed by atoms with Crippen molar-refractivity contribution in [1.29, 1.82) is 0 Å². The summed E-state index contributed by atoms with van der Waals surface area (Å²) >= 11 is 0. The highest BCUT2D eigenvalue weighted by Crippen LogP contribution is 2.21. The molecule has 0 saturated carbocycles. The van der Waals surface area contributed by atoms with Crippen molar-refractivity contribution in [2.24, 2.45) is 5.73 Å². The highest BCUT2D eigenvalue weighted by atomic mass is 15.3. The van der Waals surface area contributed by atoms with Crippen LogP contribution >= 0.6 is 0 Å². The smallest absolute Gasteiger partial charge is 0.145 e. The van der Waals surface area contributed by atoms with E-state index in [0.29, 0.717) is 12.2 Å². The van der Waals surface area contributed by atoms with Gasteiger partial charge in [0.1, 0.15) is 5.82 Å². The lowest BCUT2D eigenvalue weighted by Crippen LogP contribution is -2.17. The highest BCUT2D eigenvalue weighted by molar-refractivity contribution is 5.82. The number of hydrogen-bond donors (Lipinski definition) is 1. The number of para-hydroxylation sites is 1. The molecule has 3 rings (SSSR count). The van der Waals surface area contributed by atoms with E-state index in [1.54, 1.807) is 18.5 Å². The molecule has 0 aliphatic carbocycles. The molecule has 3 aromatic rings. The molecule has 5 nitrogen and oxygen atoms in total. The predicted octanol–water partition coefficient (Wildman–Crippen LogP) is 2.09. The van der Waals surface area contributed by atoms with E-state index in [4.69, 9.17) is 5.73 Å². The van der Waals surface area contributed by atoms with Gasteiger partial charge in [-0.25, -0.2) is 9.97 Å². The van der Waals surface area contributed by atoms with Gasteiger partial charge in [0, 0.05) is 30.7 Å². The maximum Gasteiger partial charge on any atom is 0.145 e. The van der Waals surface area contributed by atoms with Gasteiger partial charge in [-0.2, -0.15) is 5.10 Å². The average Bonchev–Trinajstić information content (AvgIpc) is 2.86. The third-order valence-electron chi connectivity index (χ3n) is 3.36. The predicted molar refractivity (Wildman–Crippen MR) is 78.1 cm³/mol. The molecule has 2 heterocycles. The maximum absolute atomic E-state index is 6.19. The Morgan fingerprint density at radius 1 is 1.15 bits per heavy atom. The average molecular weight is 267 g/mol. The fourth-order valence-electron chi connectivity index (χ4n) is 2.39. The molecule has 1 atom stereocenters. The molecule has 0 saturated heterocycles. The molecule has 1 aromatic carbocycles. The topological polar surface area (TPSA) is 69.6 Å². The minimum Gasteiger partial charge on any atom is -0.321 e. The first-order valence-corrected chi connectivity index (χ1v) is 6.76. The van der Waals surface area contributed by atoms with Crippen molar-refractivity contribution in [3.8, 4) is 0 Å². The summed E-state index contributed by atoms with van der Waals surface area (Å²) in [7, 11) is 0. The molecule has 2 N–H and O–H groups in total. The molecule has 0 spiro atoms.